The van der Waals surface area contributed by atoms with Crippen LogP contribution in [-0.2, 0) is 20.5 Å². The van der Waals surface area contributed by atoms with Gasteiger partial charge in [-0.15, -0.1) is 0 Å². The van der Waals surface area contributed by atoms with E-state index in [1.54, 1.807) is 0 Å². The molecule has 1 saturated heterocycles. The Bertz CT molecular complexity index is 520. The van der Waals surface area contributed by atoms with Gasteiger partial charge >= 0.3 is 5.97 Å². The summed E-state index contributed by atoms with van der Waals surface area (Å²) in [5.41, 5.74) is -0.0982. The molecule has 4 bridgehead atoms. The third-order valence-electron chi connectivity index (χ3n) is 7.37. The molecule has 0 radical (unpaired) electrons. The second kappa shape index (κ2) is 5.23. The van der Waals surface area contributed by atoms with E-state index in [9.17, 15) is 14.7 Å². The van der Waals surface area contributed by atoms with Crippen molar-refractivity contribution in [3.63, 3.8) is 0 Å². The van der Waals surface area contributed by atoms with Gasteiger partial charge in [0, 0.05) is 29.7 Å². The minimum atomic E-state index is -0.662. The molecule has 1 heterocycles. The van der Waals surface area contributed by atoms with Crippen molar-refractivity contribution in [1.29, 1.82) is 0 Å². The molecule has 3 saturated carbocycles. The molecule has 4 rings (SSSR count). The first-order valence-corrected chi connectivity index (χ1v) is 9.83. The molecule has 0 aromatic rings. The lowest BCUT2D eigenvalue weighted by atomic mass is 9.64. The van der Waals surface area contributed by atoms with Crippen LogP contribution in [0.15, 0.2) is 0 Å². The number of carboxylic acids is 1. The molecule has 0 aromatic carbocycles. The van der Waals surface area contributed by atoms with Gasteiger partial charge < -0.3 is 22.1 Å². The van der Waals surface area contributed by atoms with E-state index in [0.29, 0.717) is 33.9 Å². The monoisotopic (exact) mass is 388 g/mol. The van der Waals surface area contributed by atoms with Gasteiger partial charge in [0.15, 0.2) is 0 Å². The van der Waals surface area contributed by atoms with Crippen LogP contribution in [-0.4, -0.2) is 33.1 Å². The summed E-state index contributed by atoms with van der Waals surface area (Å²) in [5.74, 6) is 1.29. The molecule has 0 aromatic heterocycles. The van der Waals surface area contributed by atoms with Gasteiger partial charge in [-0.3, -0.25) is 4.79 Å². The van der Waals surface area contributed by atoms with Gasteiger partial charge in [-0.1, -0.05) is 13.8 Å². The zero-order chi connectivity index (χ0) is 15.0. The van der Waals surface area contributed by atoms with Crippen LogP contribution in [0.1, 0.15) is 52.4 Å². The third-order valence-corrected chi connectivity index (χ3v) is 10.7. The first kappa shape index (κ1) is 16.8. The molecule has 4 aliphatic rings. The summed E-state index contributed by atoms with van der Waals surface area (Å²) < 4.78 is 0. The molecule has 4 fully saturated rings. The summed E-state index contributed by atoms with van der Waals surface area (Å²) in [6.07, 6.45) is 6.58. The van der Waals surface area contributed by atoms with Crippen molar-refractivity contribution in [2.24, 2.45) is 22.7 Å². The lowest BCUT2D eigenvalue weighted by Gasteiger charge is -2.43. The highest BCUT2D eigenvalue weighted by Crippen LogP contribution is 2.70. The molecule has 1 aliphatic heterocycles. The van der Waals surface area contributed by atoms with E-state index < -0.39 is 5.97 Å². The van der Waals surface area contributed by atoms with Crippen LogP contribution < -0.4 is 17.0 Å². The lowest BCUT2D eigenvalue weighted by Crippen LogP contribution is -3.00. The fraction of sp³-hybridized carbons (Fsp3) is 0.882. The smallest absolute Gasteiger partial charge is 0.353 e. The molecule has 1 unspecified atom stereocenters. The van der Waals surface area contributed by atoms with Gasteiger partial charge in [0.2, 0.25) is 5.75 Å². The van der Waals surface area contributed by atoms with E-state index in [1.807, 2.05) is 0 Å². The minimum absolute atomic E-state index is 0. The number of carboxylic acid groups (broad SMARTS) is 1. The molecule has 124 valence electrons. The highest BCUT2D eigenvalue weighted by molar-refractivity contribution is 7.99. The molecule has 6 atom stereocenters. The zero-order valence-corrected chi connectivity index (χ0v) is 15.7. The quantitative estimate of drug-likeness (QED) is 0.671. The number of hydrogen-bond acceptors (Lipinski definition) is 2. The highest BCUT2D eigenvalue weighted by Gasteiger charge is 2.75. The van der Waals surface area contributed by atoms with Crippen LogP contribution in [0.5, 0.6) is 0 Å². The summed E-state index contributed by atoms with van der Waals surface area (Å²) >= 11 is 0. The van der Waals surface area contributed by atoms with Crippen LogP contribution in [0.2, 0.25) is 0 Å². The van der Waals surface area contributed by atoms with Crippen molar-refractivity contribution in [3.8, 4) is 0 Å². The van der Waals surface area contributed by atoms with Crippen molar-refractivity contribution >= 4 is 22.6 Å². The van der Waals surface area contributed by atoms with Gasteiger partial charge in [-0.05, 0) is 37.0 Å². The van der Waals surface area contributed by atoms with Gasteiger partial charge in [0.25, 0.3) is 0 Å². The number of Topliss-reactive ketones (excluding diaryl/α,β-unsaturated/α-hetero) is 1. The first-order chi connectivity index (χ1) is 9.88. The number of hydrogen-bond donors (Lipinski definition) is 1. The third kappa shape index (κ3) is 1.87. The molecular weight excluding hydrogens is 364 g/mol. The number of aliphatic carboxylic acids is 1. The van der Waals surface area contributed by atoms with Crippen LogP contribution in [0, 0.1) is 22.7 Å². The lowest BCUT2D eigenvalue weighted by molar-refractivity contribution is -0.134. The number of fused-ring (bicyclic) bond motifs is 4. The number of halogens is 1. The Morgan fingerprint density at radius 2 is 2.05 bits per heavy atom. The summed E-state index contributed by atoms with van der Waals surface area (Å²) in [6, 6.07) is 0. The van der Waals surface area contributed by atoms with Gasteiger partial charge in [0.1, 0.15) is 16.3 Å². The minimum Gasteiger partial charge on any atom is -1.00 e. The average Bonchev–Trinajstić information content (AvgIpc) is 3.08. The summed E-state index contributed by atoms with van der Waals surface area (Å²) in [7, 11) is -0.0733. The molecule has 1 N–H and O–H groups in total. The second-order valence-electron chi connectivity index (χ2n) is 8.18. The molecule has 22 heavy (non-hydrogen) atoms. The predicted octanol–water partition coefficient (Wildman–Crippen LogP) is -0.360. The number of rotatable bonds is 3. The maximum atomic E-state index is 12.9. The Labute approximate surface area is 145 Å². The Hall–Kier alpha value is -0.0300. The van der Waals surface area contributed by atoms with Crippen molar-refractivity contribution in [1.82, 2.24) is 0 Å². The normalized spacial score (nSPS) is 47.7. The first-order valence-electron chi connectivity index (χ1n) is 8.31. The predicted molar refractivity (Wildman–Crippen MR) is 83.3 cm³/mol. The van der Waals surface area contributed by atoms with Crippen molar-refractivity contribution in [2.45, 2.75) is 62.9 Å². The van der Waals surface area contributed by atoms with Gasteiger partial charge in [-0.25, -0.2) is 4.79 Å². The molecule has 3 nitrogen and oxygen atoms in total. The Kier molecular flexibility index (Phi) is 4.00. The maximum absolute atomic E-state index is 12.9. The summed E-state index contributed by atoms with van der Waals surface area (Å²) in [6.45, 7) is 4.59. The largest absolute Gasteiger partial charge is 1.00 e. The van der Waals surface area contributed by atoms with Crippen LogP contribution in [0.3, 0.4) is 0 Å². The highest BCUT2D eigenvalue weighted by atomic mass is 79.9. The molecule has 0 amide bonds. The van der Waals surface area contributed by atoms with Crippen LogP contribution >= 0.6 is 0 Å². The van der Waals surface area contributed by atoms with E-state index >= 15 is 0 Å². The Balaban J connectivity index is 0.00000144. The van der Waals surface area contributed by atoms with Crippen LogP contribution in [0.25, 0.3) is 0 Å². The standard InChI is InChI=1S/C17H24O3S.BrH/c1-16(2)11-5-6-17(16,13(18)8-11)15-10-3-4-12(7-10)21(15)9-14(19)20;/h10-12,15H,3-9H2,1-2H3;1H/t10-,11-,12+,15+,17+,21?;/m1./s1. The fourth-order valence-electron chi connectivity index (χ4n) is 6.37. The summed E-state index contributed by atoms with van der Waals surface area (Å²) in [5, 5.41) is 10.3. The average molecular weight is 389 g/mol. The maximum Gasteiger partial charge on any atom is 0.353 e. The van der Waals surface area contributed by atoms with E-state index in [0.717, 1.165) is 12.8 Å². The van der Waals surface area contributed by atoms with E-state index in [1.165, 1.54) is 25.7 Å². The summed E-state index contributed by atoms with van der Waals surface area (Å²) in [4.78, 5) is 24.3. The van der Waals surface area contributed by atoms with E-state index in [2.05, 4.69) is 13.8 Å². The van der Waals surface area contributed by atoms with Crippen LogP contribution in [0.4, 0.5) is 0 Å². The van der Waals surface area contributed by atoms with Gasteiger partial charge in [0.05, 0.1) is 5.41 Å². The van der Waals surface area contributed by atoms with Crippen molar-refractivity contribution in [3.05, 3.63) is 0 Å². The van der Waals surface area contributed by atoms with Crippen molar-refractivity contribution in [2.75, 3.05) is 5.75 Å². The van der Waals surface area contributed by atoms with Crippen molar-refractivity contribution < 1.29 is 31.7 Å². The second-order valence-corrected chi connectivity index (χ2v) is 10.6. The Morgan fingerprint density at radius 1 is 1.32 bits per heavy atom. The molecular formula is C17H25BrO3S. The molecule has 0 spiro atoms. The zero-order valence-electron chi connectivity index (χ0n) is 13.3. The fourth-order valence-corrected chi connectivity index (χ4v) is 10.2. The van der Waals surface area contributed by atoms with E-state index in [-0.39, 0.29) is 38.7 Å². The SMILES string of the molecule is CC1(C)[C@@H]2CC[C@@]1([C@@H]1[C@@H]3CC[C@@H](C3)[S+]1CC(=O)O)C(=O)C2.[Br-]. The topological polar surface area (TPSA) is 54.4 Å². The van der Waals surface area contributed by atoms with Gasteiger partial charge in [-0.2, -0.15) is 0 Å². The van der Waals surface area contributed by atoms with E-state index in [4.69, 9.17) is 0 Å². The Morgan fingerprint density at radius 3 is 2.59 bits per heavy atom. The number of ketones is 1. The number of carbonyl (C=O) groups is 2. The molecule has 3 aliphatic carbocycles. The number of carbonyl (C=O) groups excluding carboxylic acids is 1. The molecule has 5 heteroatoms.